The van der Waals surface area contributed by atoms with E-state index in [2.05, 4.69) is 0 Å². The van der Waals surface area contributed by atoms with Gasteiger partial charge in [-0.05, 0) is 0 Å². The molecule has 1 unspecified atom stereocenters. The third-order valence-corrected chi connectivity index (χ3v) is 1.56. The molecule has 0 aliphatic carbocycles. The van der Waals surface area contributed by atoms with Gasteiger partial charge < -0.3 is 20.1 Å². The Morgan fingerprint density at radius 3 is 2.50 bits per heavy atom. The molecule has 0 saturated carbocycles. The van der Waals surface area contributed by atoms with Gasteiger partial charge in [0.1, 0.15) is 0 Å². The minimum Gasteiger partial charge on any atom is -0.394 e. The van der Waals surface area contributed by atoms with Crippen LogP contribution in [0.5, 0.6) is 0 Å². The fourth-order valence-electron chi connectivity index (χ4n) is 1.08. The van der Waals surface area contributed by atoms with Gasteiger partial charge in [-0.2, -0.15) is 0 Å². The summed E-state index contributed by atoms with van der Waals surface area (Å²) in [4.78, 5) is 0. The Morgan fingerprint density at radius 2 is 2.00 bits per heavy atom. The first-order valence-electron chi connectivity index (χ1n) is 3.35. The summed E-state index contributed by atoms with van der Waals surface area (Å²) in [5.74, 6) is 0. The fourth-order valence-corrected chi connectivity index (χ4v) is 1.08. The topological polar surface area (TPSA) is 69.9 Å². The second-order valence-electron chi connectivity index (χ2n) is 2.52. The van der Waals surface area contributed by atoms with Gasteiger partial charge in [0.15, 0.2) is 6.29 Å². The zero-order chi connectivity index (χ0) is 7.56. The second kappa shape index (κ2) is 3.30. The van der Waals surface area contributed by atoms with E-state index in [0.29, 0.717) is 6.42 Å². The van der Waals surface area contributed by atoms with Crippen LogP contribution in [-0.4, -0.2) is 40.4 Å². The first kappa shape index (κ1) is 7.94. The Bertz CT molecular complexity index is 95.9. The SMILES string of the molecule is OCC1C[C@@H](O)C[C@@H](O)O1. The van der Waals surface area contributed by atoms with Gasteiger partial charge in [0, 0.05) is 12.8 Å². The average molecular weight is 148 g/mol. The van der Waals surface area contributed by atoms with Gasteiger partial charge in [-0.3, -0.25) is 0 Å². The molecule has 1 heterocycles. The lowest BCUT2D eigenvalue weighted by atomic mass is 10.1. The summed E-state index contributed by atoms with van der Waals surface area (Å²) in [6.07, 6.45) is -1.20. The highest BCUT2D eigenvalue weighted by Crippen LogP contribution is 2.17. The highest BCUT2D eigenvalue weighted by Gasteiger charge is 2.25. The smallest absolute Gasteiger partial charge is 0.157 e. The molecule has 0 spiro atoms. The Morgan fingerprint density at radius 1 is 1.30 bits per heavy atom. The van der Waals surface area contributed by atoms with Crippen molar-refractivity contribution >= 4 is 0 Å². The van der Waals surface area contributed by atoms with Crippen LogP contribution in [0.4, 0.5) is 0 Å². The van der Waals surface area contributed by atoms with E-state index in [-0.39, 0.29) is 13.0 Å². The number of ether oxygens (including phenoxy) is 1. The van der Waals surface area contributed by atoms with E-state index in [9.17, 15) is 0 Å². The van der Waals surface area contributed by atoms with Crippen molar-refractivity contribution < 1.29 is 20.1 Å². The summed E-state index contributed by atoms with van der Waals surface area (Å²) in [7, 11) is 0. The Balaban J connectivity index is 2.35. The molecular formula is C6H12O4. The largest absolute Gasteiger partial charge is 0.394 e. The minimum absolute atomic E-state index is 0.145. The van der Waals surface area contributed by atoms with Gasteiger partial charge in [-0.25, -0.2) is 0 Å². The van der Waals surface area contributed by atoms with Crippen molar-refractivity contribution in [1.29, 1.82) is 0 Å². The quantitative estimate of drug-likeness (QED) is 0.438. The first-order valence-corrected chi connectivity index (χ1v) is 3.35. The van der Waals surface area contributed by atoms with Crippen LogP contribution in [0.2, 0.25) is 0 Å². The summed E-state index contributed by atoms with van der Waals surface area (Å²) in [6.45, 7) is -0.145. The van der Waals surface area contributed by atoms with E-state index in [1.807, 2.05) is 0 Å². The maximum Gasteiger partial charge on any atom is 0.157 e. The van der Waals surface area contributed by atoms with Crippen molar-refractivity contribution in [3.8, 4) is 0 Å². The van der Waals surface area contributed by atoms with E-state index in [4.69, 9.17) is 20.1 Å². The second-order valence-corrected chi connectivity index (χ2v) is 2.52. The molecule has 0 aromatic heterocycles. The molecule has 1 rings (SSSR count). The molecule has 0 radical (unpaired) electrons. The Kier molecular flexibility index (Phi) is 2.62. The third kappa shape index (κ3) is 1.91. The highest BCUT2D eigenvalue weighted by molar-refractivity contribution is 4.71. The summed E-state index contributed by atoms with van der Waals surface area (Å²) < 4.78 is 4.85. The zero-order valence-corrected chi connectivity index (χ0v) is 5.60. The van der Waals surface area contributed by atoms with E-state index in [1.54, 1.807) is 0 Å². The molecule has 4 nitrogen and oxygen atoms in total. The molecular weight excluding hydrogens is 136 g/mol. The molecule has 3 atom stereocenters. The van der Waals surface area contributed by atoms with Gasteiger partial charge in [-0.1, -0.05) is 0 Å². The molecule has 0 bridgehead atoms. The van der Waals surface area contributed by atoms with Crippen LogP contribution >= 0.6 is 0 Å². The predicted molar refractivity (Wildman–Crippen MR) is 33.2 cm³/mol. The van der Waals surface area contributed by atoms with Crippen molar-refractivity contribution in [2.24, 2.45) is 0 Å². The standard InChI is InChI=1S/C6H12O4/c7-3-5-1-4(8)2-6(9)10-5/h4-9H,1-3H2/t4-,5?,6+/m1/s1. The lowest BCUT2D eigenvalue weighted by molar-refractivity contribution is -0.197. The summed E-state index contributed by atoms with van der Waals surface area (Å²) in [5.41, 5.74) is 0. The van der Waals surface area contributed by atoms with Gasteiger partial charge in [0.05, 0.1) is 18.8 Å². The lowest BCUT2D eigenvalue weighted by Crippen LogP contribution is -2.37. The molecule has 1 aliphatic rings. The van der Waals surface area contributed by atoms with Crippen LogP contribution in [0, 0.1) is 0 Å². The molecule has 60 valence electrons. The van der Waals surface area contributed by atoms with Crippen LogP contribution in [0.15, 0.2) is 0 Å². The molecule has 4 heteroatoms. The summed E-state index contributed by atoms with van der Waals surface area (Å²) in [6, 6.07) is 0. The molecule has 3 N–H and O–H groups in total. The number of hydrogen-bond donors (Lipinski definition) is 3. The summed E-state index contributed by atoms with van der Waals surface area (Å²) >= 11 is 0. The maximum atomic E-state index is 9.03. The number of aliphatic hydroxyl groups is 3. The number of hydrogen-bond acceptors (Lipinski definition) is 4. The summed E-state index contributed by atoms with van der Waals surface area (Å²) in [5, 5.41) is 26.5. The van der Waals surface area contributed by atoms with Crippen LogP contribution in [0.1, 0.15) is 12.8 Å². The van der Waals surface area contributed by atoms with Crippen LogP contribution < -0.4 is 0 Å². The molecule has 0 aromatic carbocycles. The van der Waals surface area contributed by atoms with E-state index in [1.165, 1.54) is 0 Å². The Hall–Kier alpha value is -0.160. The maximum absolute atomic E-state index is 9.03. The van der Waals surface area contributed by atoms with Crippen molar-refractivity contribution in [2.45, 2.75) is 31.3 Å². The molecule has 1 aliphatic heterocycles. The van der Waals surface area contributed by atoms with Crippen molar-refractivity contribution in [2.75, 3.05) is 6.61 Å². The molecule has 1 saturated heterocycles. The fraction of sp³-hybridized carbons (Fsp3) is 1.00. The highest BCUT2D eigenvalue weighted by atomic mass is 16.6. The number of rotatable bonds is 1. The normalized spacial score (nSPS) is 41.7. The van der Waals surface area contributed by atoms with Crippen LogP contribution in [-0.2, 0) is 4.74 Å². The molecule has 10 heavy (non-hydrogen) atoms. The van der Waals surface area contributed by atoms with Gasteiger partial charge in [-0.15, -0.1) is 0 Å². The zero-order valence-electron chi connectivity index (χ0n) is 5.60. The predicted octanol–water partition coefficient (Wildman–Crippen LogP) is -1.16. The van der Waals surface area contributed by atoms with Crippen LogP contribution in [0.3, 0.4) is 0 Å². The van der Waals surface area contributed by atoms with E-state index in [0.717, 1.165) is 0 Å². The number of aliphatic hydroxyl groups excluding tert-OH is 3. The first-order chi connectivity index (χ1) is 4.72. The third-order valence-electron chi connectivity index (χ3n) is 1.56. The van der Waals surface area contributed by atoms with E-state index >= 15 is 0 Å². The average Bonchev–Trinajstić information content (AvgIpc) is 1.85. The van der Waals surface area contributed by atoms with Crippen molar-refractivity contribution in [3.05, 3.63) is 0 Å². The Labute approximate surface area is 59.1 Å². The van der Waals surface area contributed by atoms with Gasteiger partial charge in [0.25, 0.3) is 0 Å². The van der Waals surface area contributed by atoms with E-state index < -0.39 is 18.5 Å². The molecule has 1 fully saturated rings. The monoisotopic (exact) mass is 148 g/mol. The minimum atomic E-state index is -0.916. The van der Waals surface area contributed by atoms with Crippen molar-refractivity contribution in [1.82, 2.24) is 0 Å². The van der Waals surface area contributed by atoms with Gasteiger partial charge >= 0.3 is 0 Å². The van der Waals surface area contributed by atoms with Crippen molar-refractivity contribution in [3.63, 3.8) is 0 Å². The van der Waals surface area contributed by atoms with Crippen LogP contribution in [0.25, 0.3) is 0 Å². The van der Waals surface area contributed by atoms with Gasteiger partial charge in [0.2, 0.25) is 0 Å². The lowest BCUT2D eigenvalue weighted by Gasteiger charge is -2.28. The molecule has 0 aromatic rings. The molecule has 0 amide bonds.